The van der Waals surface area contributed by atoms with Crippen LogP contribution in [-0.2, 0) is 5.79 Å². The second-order valence-corrected chi connectivity index (χ2v) is 10.2. The van der Waals surface area contributed by atoms with Crippen molar-refractivity contribution in [2.45, 2.75) is 5.79 Å². The van der Waals surface area contributed by atoms with Crippen molar-refractivity contribution in [1.82, 2.24) is 9.55 Å². The maximum absolute atomic E-state index is 6.98. The van der Waals surface area contributed by atoms with E-state index >= 15 is 0 Å². The summed E-state index contributed by atoms with van der Waals surface area (Å²) < 4.78 is 2.07. The summed E-state index contributed by atoms with van der Waals surface area (Å²) in [6, 6.07) is 48.7. The summed E-state index contributed by atoms with van der Waals surface area (Å²) >= 11 is 6.98. The average Bonchev–Trinajstić information content (AvgIpc) is 3.67. The van der Waals surface area contributed by atoms with Gasteiger partial charge in [0, 0.05) is 27.8 Å². The molecule has 2 heterocycles. The van der Waals surface area contributed by atoms with Crippen LogP contribution >= 0.6 is 11.6 Å². The lowest BCUT2D eigenvalue weighted by atomic mass is 10.0. The van der Waals surface area contributed by atoms with Crippen molar-refractivity contribution < 1.29 is 0 Å². The third-order valence-corrected chi connectivity index (χ3v) is 7.62. The molecule has 196 valence electrons. The first-order chi connectivity index (χ1) is 20.2. The van der Waals surface area contributed by atoms with E-state index in [1.165, 1.54) is 0 Å². The molecule has 0 unspecified atom stereocenters. The number of halogens is 1. The predicted molar refractivity (Wildman–Crippen MR) is 168 cm³/mol. The van der Waals surface area contributed by atoms with Crippen molar-refractivity contribution in [1.29, 1.82) is 0 Å². The van der Waals surface area contributed by atoms with Gasteiger partial charge in [0.15, 0.2) is 0 Å². The molecule has 0 atom stereocenters. The highest BCUT2D eigenvalue weighted by Crippen LogP contribution is 2.44. The summed E-state index contributed by atoms with van der Waals surface area (Å²) in [4.78, 5) is 16.0. The molecular weight excluding hydrogens is 524 g/mol. The molecule has 5 aromatic carbocycles. The third kappa shape index (κ3) is 4.39. The van der Waals surface area contributed by atoms with Crippen molar-refractivity contribution in [2.75, 3.05) is 0 Å². The van der Waals surface area contributed by atoms with Gasteiger partial charge in [-0.3, -0.25) is 4.57 Å². The Balaban J connectivity index is 1.59. The number of aromatic nitrogens is 2. The molecule has 0 amide bonds. The van der Waals surface area contributed by atoms with Gasteiger partial charge in [-0.15, -0.1) is 0 Å². The number of rotatable bonds is 6. The Hall–Kier alpha value is -5.06. The molecule has 0 radical (unpaired) electrons. The molecule has 0 saturated heterocycles. The molecular formula is C36H25ClN4. The first kappa shape index (κ1) is 24.9. The number of hydrogen-bond donors (Lipinski definition) is 0. The summed E-state index contributed by atoms with van der Waals surface area (Å²) in [6.07, 6.45) is 1.84. The van der Waals surface area contributed by atoms with Gasteiger partial charge in [0.1, 0.15) is 0 Å². The molecule has 0 aliphatic carbocycles. The molecule has 1 aliphatic rings. The molecule has 0 saturated carbocycles. The standard InChI is InChI=1S/C36H25ClN4/c37-31-24-14-13-23-30(31)36(39-32(26-15-5-1-6-16-26)33(40-36)27-17-7-2-8-18-27)41-25-38-34(28-19-9-3-10-20-28)35(41)29-21-11-4-12-22-29/h1-25H. The normalized spacial score (nSPS) is 14.0. The van der Waals surface area contributed by atoms with Gasteiger partial charge in [0.05, 0.1) is 34.2 Å². The first-order valence-corrected chi connectivity index (χ1v) is 13.9. The molecule has 0 fully saturated rings. The van der Waals surface area contributed by atoms with Crippen molar-refractivity contribution in [3.05, 3.63) is 174 Å². The summed E-state index contributed by atoms with van der Waals surface area (Å²) in [6.45, 7) is 0. The highest BCUT2D eigenvalue weighted by atomic mass is 35.5. The van der Waals surface area contributed by atoms with Gasteiger partial charge in [-0.1, -0.05) is 151 Å². The van der Waals surface area contributed by atoms with E-state index in [2.05, 4.69) is 53.1 Å². The van der Waals surface area contributed by atoms with Crippen LogP contribution in [0.3, 0.4) is 0 Å². The second-order valence-electron chi connectivity index (χ2n) is 9.81. The summed E-state index contributed by atoms with van der Waals surface area (Å²) in [7, 11) is 0. The van der Waals surface area contributed by atoms with Gasteiger partial charge in [-0.05, 0) is 6.07 Å². The molecule has 7 rings (SSSR count). The highest BCUT2D eigenvalue weighted by molar-refractivity contribution is 6.54. The fourth-order valence-electron chi connectivity index (χ4n) is 5.39. The van der Waals surface area contributed by atoms with Gasteiger partial charge in [0.25, 0.3) is 5.79 Å². The van der Waals surface area contributed by atoms with Gasteiger partial charge in [0.2, 0.25) is 0 Å². The maximum Gasteiger partial charge on any atom is 0.262 e. The van der Waals surface area contributed by atoms with Crippen LogP contribution in [0.2, 0.25) is 5.02 Å². The first-order valence-electron chi connectivity index (χ1n) is 13.5. The van der Waals surface area contributed by atoms with E-state index in [1.54, 1.807) is 0 Å². The van der Waals surface area contributed by atoms with Crippen molar-refractivity contribution in [3.8, 4) is 22.5 Å². The maximum atomic E-state index is 6.98. The molecule has 0 bridgehead atoms. The minimum absolute atomic E-state index is 0.579. The fourth-order valence-corrected chi connectivity index (χ4v) is 5.65. The van der Waals surface area contributed by atoms with E-state index < -0.39 is 5.79 Å². The summed E-state index contributed by atoms with van der Waals surface area (Å²) in [5, 5.41) is 0.579. The van der Waals surface area contributed by atoms with Crippen LogP contribution in [-0.4, -0.2) is 21.0 Å². The quantitative estimate of drug-likeness (QED) is 0.206. The molecule has 41 heavy (non-hydrogen) atoms. The molecule has 0 spiro atoms. The summed E-state index contributed by atoms with van der Waals surface area (Å²) in [5.74, 6) is -1.24. The highest BCUT2D eigenvalue weighted by Gasteiger charge is 2.44. The molecule has 1 aliphatic heterocycles. The van der Waals surface area contributed by atoms with Crippen LogP contribution in [0, 0.1) is 0 Å². The van der Waals surface area contributed by atoms with Crippen LogP contribution in [0.5, 0.6) is 0 Å². The second kappa shape index (κ2) is 10.5. The third-order valence-electron chi connectivity index (χ3n) is 7.29. The number of hydrogen-bond acceptors (Lipinski definition) is 3. The van der Waals surface area contributed by atoms with Crippen LogP contribution in [0.15, 0.2) is 162 Å². The zero-order valence-corrected chi connectivity index (χ0v) is 22.9. The number of nitrogens with zero attached hydrogens (tertiary/aromatic N) is 4. The minimum atomic E-state index is -1.24. The lowest BCUT2D eigenvalue weighted by Gasteiger charge is -2.28. The van der Waals surface area contributed by atoms with Gasteiger partial charge < -0.3 is 0 Å². The molecule has 0 N–H and O–H groups in total. The summed E-state index contributed by atoms with van der Waals surface area (Å²) in [5.41, 5.74) is 8.11. The van der Waals surface area contributed by atoms with Gasteiger partial charge >= 0.3 is 0 Å². The van der Waals surface area contributed by atoms with E-state index in [-0.39, 0.29) is 0 Å². The van der Waals surface area contributed by atoms with Crippen LogP contribution in [0.25, 0.3) is 22.5 Å². The molecule has 4 nitrogen and oxygen atoms in total. The van der Waals surface area contributed by atoms with E-state index in [0.717, 1.165) is 50.6 Å². The Morgan fingerprint density at radius 1 is 0.488 bits per heavy atom. The topological polar surface area (TPSA) is 42.5 Å². The minimum Gasteiger partial charge on any atom is -0.281 e. The fraction of sp³-hybridized carbons (Fsp3) is 0.0278. The van der Waals surface area contributed by atoms with Crippen molar-refractivity contribution in [2.24, 2.45) is 9.98 Å². The van der Waals surface area contributed by atoms with E-state index in [4.69, 9.17) is 26.6 Å². The number of benzene rings is 5. The monoisotopic (exact) mass is 548 g/mol. The number of imidazole rings is 1. The molecule has 6 aromatic rings. The smallest absolute Gasteiger partial charge is 0.262 e. The van der Waals surface area contributed by atoms with Crippen LogP contribution in [0.1, 0.15) is 16.7 Å². The zero-order chi connectivity index (χ0) is 27.6. The Morgan fingerprint density at radius 3 is 1.44 bits per heavy atom. The lowest BCUT2D eigenvalue weighted by molar-refractivity contribution is 0.404. The number of aliphatic imine (C=N–C) groups is 2. The van der Waals surface area contributed by atoms with Crippen molar-refractivity contribution >= 4 is 23.0 Å². The van der Waals surface area contributed by atoms with Gasteiger partial charge in [-0.2, -0.15) is 0 Å². The Labute approximate surface area is 244 Å². The molecule has 1 aromatic heterocycles. The predicted octanol–water partition coefficient (Wildman–Crippen LogP) is 8.52. The molecule has 5 heteroatoms. The van der Waals surface area contributed by atoms with E-state index in [9.17, 15) is 0 Å². The lowest BCUT2D eigenvalue weighted by Crippen LogP contribution is -2.30. The average molecular weight is 549 g/mol. The van der Waals surface area contributed by atoms with E-state index in [1.807, 2.05) is 103 Å². The van der Waals surface area contributed by atoms with Crippen molar-refractivity contribution in [3.63, 3.8) is 0 Å². The Morgan fingerprint density at radius 2 is 0.927 bits per heavy atom. The van der Waals surface area contributed by atoms with E-state index in [0.29, 0.717) is 5.02 Å². The Kier molecular flexibility index (Phi) is 6.38. The SMILES string of the molecule is Clc1ccccc1C1(n2cnc(-c3ccccc3)c2-c2ccccc2)N=C(c2ccccc2)C(c2ccccc2)=N1. The zero-order valence-electron chi connectivity index (χ0n) is 22.1. The Bertz CT molecular complexity index is 1820. The van der Waals surface area contributed by atoms with Crippen LogP contribution in [0.4, 0.5) is 0 Å². The largest absolute Gasteiger partial charge is 0.281 e. The van der Waals surface area contributed by atoms with Crippen LogP contribution < -0.4 is 0 Å². The van der Waals surface area contributed by atoms with Gasteiger partial charge in [-0.25, -0.2) is 15.0 Å².